The molecule has 0 unspecified atom stereocenters. The summed E-state index contributed by atoms with van der Waals surface area (Å²) in [5, 5.41) is 0.990. The molecule has 0 bridgehead atoms. The van der Waals surface area contributed by atoms with E-state index in [1.54, 1.807) is 24.0 Å². The third-order valence-corrected chi connectivity index (χ3v) is 6.99. The number of nitrogens with zero attached hydrogens (tertiary/aromatic N) is 4. The topological polar surface area (TPSA) is 33.4 Å². The fourth-order valence-corrected chi connectivity index (χ4v) is 5.71. The third kappa shape index (κ3) is 3.52. The van der Waals surface area contributed by atoms with Crippen LogP contribution in [0.3, 0.4) is 0 Å². The van der Waals surface area contributed by atoms with Crippen LogP contribution in [0.1, 0.15) is 42.4 Å². The van der Waals surface area contributed by atoms with Crippen molar-refractivity contribution >= 4 is 16.9 Å². The van der Waals surface area contributed by atoms with Gasteiger partial charge in [-0.05, 0) is 48.9 Å². The number of hydrogen-bond acceptors (Lipinski definition) is 4. The Morgan fingerprint density at radius 2 is 1.97 bits per heavy atom. The number of aliphatic imine (C=N–C) groups is 1. The zero-order valence-corrected chi connectivity index (χ0v) is 17.6. The molecule has 0 N–H and O–H groups in total. The van der Waals surface area contributed by atoms with E-state index in [1.807, 2.05) is 41.1 Å². The molecule has 0 amide bonds. The fraction of sp³-hybridized carbons (Fsp3) is 0.304. The second-order valence-electron chi connectivity index (χ2n) is 7.69. The van der Waals surface area contributed by atoms with Crippen LogP contribution in [0.15, 0.2) is 72.0 Å². The highest BCUT2D eigenvalue weighted by atomic mass is 32.2. The van der Waals surface area contributed by atoms with E-state index < -0.39 is 11.7 Å². The Labute approximate surface area is 182 Å². The minimum Gasteiger partial charge on any atom is -0.337 e. The third-order valence-electron chi connectivity index (χ3n) is 5.86. The van der Waals surface area contributed by atoms with E-state index in [0.717, 1.165) is 34.8 Å². The molecule has 3 atom stereocenters. The van der Waals surface area contributed by atoms with Gasteiger partial charge in [0.15, 0.2) is 5.17 Å². The molecule has 8 heteroatoms. The van der Waals surface area contributed by atoms with E-state index in [4.69, 9.17) is 4.99 Å². The van der Waals surface area contributed by atoms with E-state index in [0.29, 0.717) is 11.7 Å². The number of benzene rings is 1. The number of aromatic nitrogens is 2. The van der Waals surface area contributed by atoms with Gasteiger partial charge in [-0.25, -0.2) is 0 Å². The van der Waals surface area contributed by atoms with Gasteiger partial charge in [0.05, 0.1) is 11.3 Å². The minimum absolute atomic E-state index is 0.130. The molecular weight excluding hydrogens is 421 g/mol. The van der Waals surface area contributed by atoms with Crippen molar-refractivity contribution in [2.75, 3.05) is 5.75 Å². The van der Waals surface area contributed by atoms with Crippen molar-refractivity contribution in [2.45, 2.75) is 37.6 Å². The Morgan fingerprint density at radius 1 is 1.10 bits per heavy atom. The van der Waals surface area contributed by atoms with Gasteiger partial charge in [-0.1, -0.05) is 30.8 Å². The largest absolute Gasteiger partial charge is 0.416 e. The average Bonchev–Trinajstić information content (AvgIpc) is 3.48. The van der Waals surface area contributed by atoms with Crippen molar-refractivity contribution in [3.63, 3.8) is 0 Å². The van der Waals surface area contributed by atoms with Gasteiger partial charge in [0, 0.05) is 35.6 Å². The highest BCUT2D eigenvalue weighted by Crippen LogP contribution is 2.49. The number of halogens is 3. The maximum atomic E-state index is 13.3. The van der Waals surface area contributed by atoms with Gasteiger partial charge in [-0.3, -0.25) is 9.98 Å². The summed E-state index contributed by atoms with van der Waals surface area (Å²) in [6, 6.07) is 15.1. The van der Waals surface area contributed by atoms with Gasteiger partial charge in [-0.2, -0.15) is 13.2 Å². The molecule has 31 heavy (non-hydrogen) atoms. The van der Waals surface area contributed by atoms with E-state index >= 15 is 0 Å². The predicted molar refractivity (Wildman–Crippen MR) is 116 cm³/mol. The van der Waals surface area contributed by atoms with Crippen LogP contribution in [-0.4, -0.2) is 31.4 Å². The number of alkyl halides is 3. The maximum Gasteiger partial charge on any atom is 0.416 e. The molecule has 0 aliphatic carbocycles. The molecular formula is C23H21F3N4S. The molecule has 2 aromatic heterocycles. The molecule has 0 saturated carbocycles. The van der Waals surface area contributed by atoms with Crippen LogP contribution in [0.2, 0.25) is 0 Å². The molecule has 4 heterocycles. The molecule has 5 rings (SSSR count). The number of amidine groups is 1. The standard InChI is InChI=1S/C23H21F3N4S/c1-2-16-14-31-22-28-20(18-9-3-4-11-27-18)21(30(16)22)19-10-6-12-29(19)17-8-5-7-15(13-17)23(24,25)26/h3-13,16,20-21H,2,14H2,1H3/t16-,20+,21+/m0/s1. The van der Waals surface area contributed by atoms with Crippen LogP contribution >= 0.6 is 11.8 Å². The molecule has 160 valence electrons. The monoisotopic (exact) mass is 442 g/mol. The van der Waals surface area contributed by atoms with Gasteiger partial charge in [-0.15, -0.1) is 0 Å². The summed E-state index contributed by atoms with van der Waals surface area (Å²) < 4.78 is 41.8. The second-order valence-corrected chi connectivity index (χ2v) is 8.67. The van der Waals surface area contributed by atoms with Crippen molar-refractivity contribution in [3.8, 4) is 5.69 Å². The van der Waals surface area contributed by atoms with Crippen molar-refractivity contribution in [1.29, 1.82) is 0 Å². The van der Waals surface area contributed by atoms with Gasteiger partial charge in [0.2, 0.25) is 0 Å². The first kappa shape index (κ1) is 20.2. The first-order chi connectivity index (χ1) is 15.0. The molecule has 0 spiro atoms. The Hall–Kier alpha value is -2.74. The Morgan fingerprint density at radius 3 is 2.71 bits per heavy atom. The smallest absolute Gasteiger partial charge is 0.337 e. The van der Waals surface area contributed by atoms with Crippen LogP contribution in [-0.2, 0) is 6.18 Å². The quantitative estimate of drug-likeness (QED) is 0.507. The Kier molecular flexibility index (Phi) is 5.04. The second kappa shape index (κ2) is 7.75. The molecule has 3 aromatic rings. The number of hydrogen-bond donors (Lipinski definition) is 0. The Bertz CT molecular complexity index is 1110. The van der Waals surface area contributed by atoms with Crippen molar-refractivity contribution in [2.24, 2.45) is 4.99 Å². The van der Waals surface area contributed by atoms with Crippen LogP contribution < -0.4 is 0 Å². The van der Waals surface area contributed by atoms with E-state index in [1.165, 1.54) is 12.1 Å². The molecule has 1 saturated heterocycles. The maximum absolute atomic E-state index is 13.3. The molecule has 2 aliphatic rings. The highest BCUT2D eigenvalue weighted by Gasteiger charge is 2.46. The number of fused-ring (bicyclic) bond motifs is 1. The van der Waals surface area contributed by atoms with Crippen LogP contribution in [0.5, 0.6) is 0 Å². The number of thioether (sulfide) groups is 1. The lowest BCUT2D eigenvalue weighted by molar-refractivity contribution is -0.137. The van der Waals surface area contributed by atoms with Crippen molar-refractivity contribution in [1.82, 2.24) is 14.5 Å². The summed E-state index contributed by atoms with van der Waals surface area (Å²) >= 11 is 1.74. The first-order valence-corrected chi connectivity index (χ1v) is 11.2. The Balaban J connectivity index is 1.61. The number of rotatable bonds is 4. The summed E-state index contributed by atoms with van der Waals surface area (Å²) in [5.74, 6) is 0.963. The summed E-state index contributed by atoms with van der Waals surface area (Å²) in [7, 11) is 0. The van der Waals surface area contributed by atoms with E-state index in [2.05, 4.69) is 16.8 Å². The average molecular weight is 443 g/mol. The van der Waals surface area contributed by atoms with Crippen LogP contribution in [0.25, 0.3) is 5.69 Å². The normalized spacial score (nSPS) is 23.2. The molecule has 2 aliphatic heterocycles. The molecule has 4 nitrogen and oxygen atoms in total. The molecule has 1 aromatic carbocycles. The van der Waals surface area contributed by atoms with Crippen molar-refractivity contribution in [3.05, 3.63) is 83.9 Å². The highest BCUT2D eigenvalue weighted by molar-refractivity contribution is 8.14. The van der Waals surface area contributed by atoms with Crippen molar-refractivity contribution < 1.29 is 13.2 Å². The van der Waals surface area contributed by atoms with Gasteiger partial charge in [0.25, 0.3) is 0 Å². The lowest BCUT2D eigenvalue weighted by Crippen LogP contribution is -2.36. The summed E-state index contributed by atoms with van der Waals surface area (Å²) in [6.07, 6.45) is 0.166. The summed E-state index contributed by atoms with van der Waals surface area (Å²) in [4.78, 5) is 11.9. The lowest BCUT2D eigenvalue weighted by atomic mass is 9.99. The lowest BCUT2D eigenvalue weighted by Gasteiger charge is -2.32. The van der Waals surface area contributed by atoms with E-state index in [9.17, 15) is 13.2 Å². The first-order valence-electron chi connectivity index (χ1n) is 10.2. The zero-order valence-electron chi connectivity index (χ0n) is 16.8. The van der Waals surface area contributed by atoms with Crippen LogP contribution in [0.4, 0.5) is 13.2 Å². The fourth-order valence-electron chi connectivity index (χ4n) is 4.37. The van der Waals surface area contributed by atoms with Gasteiger partial charge >= 0.3 is 6.18 Å². The minimum atomic E-state index is -4.39. The van der Waals surface area contributed by atoms with Gasteiger partial charge < -0.3 is 9.47 Å². The number of pyridine rings is 1. The SMILES string of the molecule is CC[C@H]1CSC2=N[C@H](c3ccccn3)[C@@H](c3cccn3-c3cccc(C(F)(F)F)c3)N21. The van der Waals surface area contributed by atoms with E-state index in [-0.39, 0.29) is 12.1 Å². The molecule has 0 radical (unpaired) electrons. The molecule has 1 fully saturated rings. The summed E-state index contributed by atoms with van der Waals surface area (Å²) in [5.41, 5.74) is 1.61. The van der Waals surface area contributed by atoms with Gasteiger partial charge in [0.1, 0.15) is 12.1 Å². The van der Waals surface area contributed by atoms with Crippen LogP contribution in [0, 0.1) is 0 Å². The summed E-state index contributed by atoms with van der Waals surface area (Å²) in [6.45, 7) is 2.16. The predicted octanol–water partition coefficient (Wildman–Crippen LogP) is 5.87. The zero-order chi connectivity index (χ0) is 21.6.